The Balaban J connectivity index is 2.14. The van der Waals surface area contributed by atoms with Gasteiger partial charge in [0.2, 0.25) is 5.91 Å². The number of esters is 2. The van der Waals surface area contributed by atoms with E-state index in [-0.39, 0.29) is 31.7 Å². The van der Waals surface area contributed by atoms with E-state index in [2.05, 4.69) is 10.1 Å². The number of methoxy groups -OCH3 is 2. The molecular formula is C23H33N3O7. The molecule has 1 heterocycles. The lowest BCUT2D eigenvalue weighted by atomic mass is 9.95. The standard InChI is InChI=1S/C23H33N3O7/c1-23(2,3)33-20(28)13-26-12-18(25-17(22(26)30)11-19(27)32-5)21(29)16(24)10-14-6-8-15(31-4)9-7-14/h6-9,16-18,25H,10-13,24H2,1-5H3/t16-,17?,18-/m0/s1. The van der Waals surface area contributed by atoms with Gasteiger partial charge in [-0.25, -0.2) is 0 Å². The zero-order chi connectivity index (χ0) is 24.8. The maximum absolute atomic E-state index is 13.1. The van der Waals surface area contributed by atoms with Gasteiger partial charge in [0, 0.05) is 6.54 Å². The van der Waals surface area contributed by atoms with Gasteiger partial charge in [0.1, 0.15) is 17.9 Å². The predicted octanol–water partition coefficient (Wildman–Crippen LogP) is 0.208. The fourth-order valence-electron chi connectivity index (χ4n) is 3.51. The normalized spacial score (nSPS) is 19.6. The molecular weight excluding hydrogens is 430 g/mol. The highest BCUT2D eigenvalue weighted by Gasteiger charge is 2.40. The molecule has 182 valence electrons. The predicted molar refractivity (Wildman–Crippen MR) is 119 cm³/mol. The van der Waals surface area contributed by atoms with Gasteiger partial charge in [0.25, 0.3) is 0 Å². The topological polar surface area (TPSA) is 137 Å². The SMILES string of the molecule is COC(=O)CC1N[C@H](C(=O)[C@@H](N)Cc2ccc(OC)cc2)CN(CC(=O)OC(C)(C)C)C1=O. The monoisotopic (exact) mass is 463 g/mol. The second-order valence-corrected chi connectivity index (χ2v) is 8.92. The molecule has 0 aliphatic carbocycles. The van der Waals surface area contributed by atoms with Crippen LogP contribution < -0.4 is 15.8 Å². The summed E-state index contributed by atoms with van der Waals surface area (Å²) >= 11 is 0. The highest BCUT2D eigenvalue weighted by molar-refractivity contribution is 5.95. The number of hydrogen-bond acceptors (Lipinski definition) is 9. The van der Waals surface area contributed by atoms with Crippen molar-refractivity contribution in [2.24, 2.45) is 5.73 Å². The molecule has 1 aliphatic heterocycles. The van der Waals surface area contributed by atoms with Crippen molar-refractivity contribution in [1.29, 1.82) is 0 Å². The van der Waals surface area contributed by atoms with Crippen LogP contribution in [0.5, 0.6) is 5.75 Å². The Kier molecular flexibility index (Phi) is 8.95. The molecule has 10 heteroatoms. The van der Waals surface area contributed by atoms with Gasteiger partial charge in [0.05, 0.1) is 38.8 Å². The van der Waals surface area contributed by atoms with Crippen molar-refractivity contribution in [3.8, 4) is 5.75 Å². The van der Waals surface area contributed by atoms with Crippen LogP contribution in [-0.2, 0) is 35.1 Å². The molecule has 0 aromatic heterocycles. The summed E-state index contributed by atoms with van der Waals surface area (Å²) in [6.07, 6.45) is 0.000335. The number of nitrogens with two attached hydrogens (primary N) is 1. The van der Waals surface area contributed by atoms with E-state index in [9.17, 15) is 19.2 Å². The summed E-state index contributed by atoms with van der Waals surface area (Å²) in [5.41, 5.74) is 6.30. The minimum Gasteiger partial charge on any atom is -0.497 e. The maximum atomic E-state index is 13.1. The third-order valence-electron chi connectivity index (χ3n) is 5.08. The Bertz CT molecular complexity index is 864. The lowest BCUT2D eigenvalue weighted by Crippen LogP contribution is -2.65. The number of benzene rings is 1. The van der Waals surface area contributed by atoms with Crippen LogP contribution in [0, 0.1) is 0 Å². The summed E-state index contributed by atoms with van der Waals surface area (Å²) in [4.78, 5) is 51.3. The van der Waals surface area contributed by atoms with Crippen molar-refractivity contribution in [3.05, 3.63) is 29.8 Å². The molecule has 1 amide bonds. The number of ketones is 1. The third kappa shape index (κ3) is 7.83. The van der Waals surface area contributed by atoms with Gasteiger partial charge >= 0.3 is 11.9 Å². The highest BCUT2D eigenvalue weighted by Crippen LogP contribution is 2.16. The zero-order valence-corrected chi connectivity index (χ0v) is 19.8. The van der Waals surface area contributed by atoms with Crippen molar-refractivity contribution in [2.45, 2.75) is 57.3 Å². The Morgan fingerprint density at radius 1 is 1.15 bits per heavy atom. The summed E-state index contributed by atoms with van der Waals surface area (Å²) in [7, 11) is 2.77. The largest absolute Gasteiger partial charge is 0.497 e. The van der Waals surface area contributed by atoms with E-state index in [1.807, 2.05) is 12.1 Å². The van der Waals surface area contributed by atoms with Gasteiger partial charge in [-0.15, -0.1) is 0 Å². The first-order chi connectivity index (χ1) is 15.4. The van der Waals surface area contributed by atoms with E-state index in [1.165, 1.54) is 12.0 Å². The molecule has 1 aromatic rings. The van der Waals surface area contributed by atoms with Crippen molar-refractivity contribution < 1.29 is 33.4 Å². The van der Waals surface area contributed by atoms with E-state index in [0.29, 0.717) is 5.75 Å². The van der Waals surface area contributed by atoms with Crippen LogP contribution in [0.15, 0.2) is 24.3 Å². The Labute approximate surface area is 193 Å². The van der Waals surface area contributed by atoms with E-state index >= 15 is 0 Å². The highest BCUT2D eigenvalue weighted by atomic mass is 16.6. The summed E-state index contributed by atoms with van der Waals surface area (Å²) < 4.78 is 15.1. The van der Waals surface area contributed by atoms with Crippen LogP contribution >= 0.6 is 0 Å². The molecule has 0 spiro atoms. The lowest BCUT2D eigenvalue weighted by Gasteiger charge is -2.38. The third-order valence-corrected chi connectivity index (χ3v) is 5.08. The molecule has 0 bridgehead atoms. The first kappa shape index (κ1) is 26.3. The van der Waals surface area contributed by atoms with Crippen LogP contribution in [0.1, 0.15) is 32.8 Å². The van der Waals surface area contributed by atoms with Crippen molar-refractivity contribution in [2.75, 3.05) is 27.3 Å². The quantitative estimate of drug-likeness (QED) is 0.492. The fourth-order valence-corrected chi connectivity index (χ4v) is 3.51. The molecule has 0 saturated carbocycles. The van der Waals surface area contributed by atoms with Crippen LogP contribution in [0.2, 0.25) is 0 Å². The van der Waals surface area contributed by atoms with E-state index in [4.69, 9.17) is 15.2 Å². The summed E-state index contributed by atoms with van der Waals surface area (Å²) in [6.45, 7) is 4.75. The molecule has 33 heavy (non-hydrogen) atoms. The fraction of sp³-hybridized carbons (Fsp3) is 0.565. The van der Waals surface area contributed by atoms with Crippen LogP contribution in [0.25, 0.3) is 0 Å². The number of ether oxygens (including phenoxy) is 3. The van der Waals surface area contributed by atoms with E-state index < -0.39 is 41.6 Å². The molecule has 2 rings (SSSR count). The van der Waals surface area contributed by atoms with Crippen molar-refractivity contribution in [1.82, 2.24) is 10.2 Å². The Morgan fingerprint density at radius 3 is 2.33 bits per heavy atom. The second-order valence-electron chi connectivity index (χ2n) is 8.92. The number of carbonyl (C=O) groups is 4. The van der Waals surface area contributed by atoms with Gasteiger partial charge in [0.15, 0.2) is 5.78 Å². The molecule has 0 radical (unpaired) electrons. The summed E-state index contributed by atoms with van der Waals surface area (Å²) in [5.74, 6) is -1.35. The molecule has 1 saturated heterocycles. The number of carbonyl (C=O) groups excluding carboxylic acids is 4. The van der Waals surface area contributed by atoms with Crippen molar-refractivity contribution >= 4 is 23.6 Å². The maximum Gasteiger partial charge on any atom is 0.326 e. The molecule has 3 N–H and O–H groups in total. The number of nitrogens with one attached hydrogen (secondary N) is 1. The number of rotatable bonds is 9. The Hall–Kier alpha value is -2.98. The summed E-state index contributed by atoms with van der Waals surface area (Å²) in [5, 5.41) is 2.91. The molecule has 1 aliphatic rings. The average molecular weight is 464 g/mol. The molecule has 1 unspecified atom stereocenters. The number of nitrogens with zero attached hydrogens (tertiary/aromatic N) is 1. The Morgan fingerprint density at radius 2 is 1.79 bits per heavy atom. The molecule has 3 atom stereocenters. The zero-order valence-electron chi connectivity index (χ0n) is 19.8. The number of hydrogen-bond donors (Lipinski definition) is 2. The molecule has 1 aromatic carbocycles. The smallest absolute Gasteiger partial charge is 0.326 e. The number of Topliss-reactive ketones (excluding diaryl/α,β-unsaturated/α-hetero) is 1. The van der Waals surface area contributed by atoms with Gasteiger partial charge in [-0.2, -0.15) is 0 Å². The minimum absolute atomic E-state index is 0.0646. The second kappa shape index (κ2) is 11.2. The first-order valence-electron chi connectivity index (χ1n) is 10.7. The van der Waals surface area contributed by atoms with Crippen LogP contribution in [-0.4, -0.2) is 79.6 Å². The molecule has 1 fully saturated rings. The number of piperazine rings is 1. The average Bonchev–Trinajstić information content (AvgIpc) is 2.74. The van der Waals surface area contributed by atoms with Crippen LogP contribution in [0.4, 0.5) is 0 Å². The van der Waals surface area contributed by atoms with Crippen LogP contribution in [0.3, 0.4) is 0 Å². The first-order valence-corrected chi connectivity index (χ1v) is 10.7. The van der Waals surface area contributed by atoms with Crippen molar-refractivity contribution in [3.63, 3.8) is 0 Å². The van der Waals surface area contributed by atoms with Gasteiger partial charge in [-0.05, 0) is 44.9 Å². The number of amides is 1. The molecule has 10 nitrogen and oxygen atoms in total. The lowest BCUT2D eigenvalue weighted by molar-refractivity contribution is -0.161. The van der Waals surface area contributed by atoms with E-state index in [0.717, 1.165) is 5.56 Å². The summed E-state index contributed by atoms with van der Waals surface area (Å²) in [6, 6.07) is 4.46. The van der Waals surface area contributed by atoms with Gasteiger partial charge < -0.3 is 24.8 Å². The van der Waals surface area contributed by atoms with E-state index in [1.54, 1.807) is 40.0 Å². The van der Waals surface area contributed by atoms with Gasteiger partial charge in [-0.1, -0.05) is 12.1 Å². The van der Waals surface area contributed by atoms with Gasteiger partial charge in [-0.3, -0.25) is 24.5 Å². The minimum atomic E-state index is -1.02.